The fourth-order valence-corrected chi connectivity index (χ4v) is 19.2. The van der Waals surface area contributed by atoms with Crippen LogP contribution in [0.2, 0.25) is 0 Å². The van der Waals surface area contributed by atoms with Crippen LogP contribution in [-0.4, -0.2) is 49.8 Å². The first kappa shape index (κ1) is 87.7. The number of hydrogen-bond donors (Lipinski definition) is 0. The van der Waals surface area contributed by atoms with Crippen LogP contribution in [0.5, 0.6) is 0 Å². The average molecular weight is 1870 g/mol. The molecule has 0 aliphatic heterocycles. The van der Waals surface area contributed by atoms with Gasteiger partial charge in [-0.2, -0.15) is 0 Å². The molecule has 26 rings (SSSR count). The minimum absolute atomic E-state index is 0.585. The van der Waals surface area contributed by atoms with E-state index in [2.05, 4.69) is 437 Å². The Morgan fingerprint density at radius 3 is 0.610 bits per heavy atom. The molecule has 146 heavy (non-hydrogen) atoms. The first-order valence-corrected chi connectivity index (χ1v) is 48.8. The van der Waals surface area contributed by atoms with Gasteiger partial charge in [-0.05, 0) is 139 Å². The molecule has 0 N–H and O–H groups in total. The van der Waals surface area contributed by atoms with E-state index in [0.717, 1.165) is 222 Å². The number of furan rings is 2. The molecule has 0 aliphatic carbocycles. The summed E-state index contributed by atoms with van der Waals surface area (Å²) >= 11 is 0. The van der Waals surface area contributed by atoms with Crippen molar-refractivity contribution in [3.8, 4) is 225 Å². The lowest BCUT2D eigenvalue weighted by molar-refractivity contribution is 0.669. The van der Waals surface area contributed by atoms with Crippen LogP contribution in [0.15, 0.2) is 531 Å². The van der Waals surface area contributed by atoms with E-state index in [-0.39, 0.29) is 0 Å². The van der Waals surface area contributed by atoms with Crippen LogP contribution in [0.4, 0.5) is 0 Å². The van der Waals surface area contributed by atoms with Crippen molar-refractivity contribution in [2.24, 2.45) is 0 Å². The Morgan fingerprint density at radius 1 is 0.110 bits per heavy atom. The second-order valence-corrected chi connectivity index (χ2v) is 36.1. The number of fused-ring (bicyclic) bond motifs is 6. The molecular weight excluding hydrogens is 1780 g/mol. The van der Waals surface area contributed by atoms with Gasteiger partial charge in [-0.1, -0.05) is 461 Å². The molecule has 0 atom stereocenters. The smallest absolute Gasteiger partial charge is 0.164 e. The molecule has 12 heteroatoms. The molecule has 0 amide bonds. The zero-order valence-corrected chi connectivity index (χ0v) is 78.9. The molecule has 0 fully saturated rings. The standard InChI is InChI=1S/2C67H43N5O/c1-4-17-44(18-5-1)49-23-13-28-54(40-49)65-70-66(55-29-14-24-50(41-55)45-19-6-2-7-20-45)72-67(71-65)56-30-15-26-52(42-56)51-25-12-27-53(39-51)61-43-60(68-64(69-61)48-21-8-3-9-22-48)47-37-35-46(36-38-47)57-32-16-33-59-58-31-10-11-34-62(58)73-63(57)59;1-4-15-44(16-5-1)46-29-37-51(38-30-46)65-70-66(52-39-31-47(32-40-52)45-17-6-2-7-18-45)72-67(71-65)56-24-13-22-54(42-56)53-21-12-23-55(41-53)61-43-60(68-64(69-61)50-19-8-3-9-20-50)49-35-33-48(34-36-49)57-26-14-27-59-58-25-10-11-28-62(58)73-63(57)59/h2*1-43H. The molecule has 0 spiro atoms. The van der Waals surface area contributed by atoms with Crippen molar-refractivity contribution < 1.29 is 8.83 Å². The van der Waals surface area contributed by atoms with E-state index in [1.807, 2.05) is 84.9 Å². The summed E-state index contributed by atoms with van der Waals surface area (Å²) in [5.41, 5.74) is 35.4. The van der Waals surface area contributed by atoms with Gasteiger partial charge in [0.1, 0.15) is 22.3 Å². The molecule has 0 radical (unpaired) electrons. The first-order chi connectivity index (χ1) is 72.3. The molecule has 0 saturated carbocycles. The summed E-state index contributed by atoms with van der Waals surface area (Å²) in [7, 11) is 0. The number of rotatable bonds is 20. The van der Waals surface area contributed by atoms with Crippen molar-refractivity contribution in [1.29, 1.82) is 0 Å². The fourth-order valence-electron chi connectivity index (χ4n) is 19.2. The van der Waals surface area contributed by atoms with Crippen LogP contribution >= 0.6 is 0 Å². The molecular formula is C134H86N10O2. The number of para-hydroxylation sites is 4. The lowest BCUT2D eigenvalue weighted by Gasteiger charge is -2.12. The van der Waals surface area contributed by atoms with Gasteiger partial charge in [0.25, 0.3) is 0 Å². The van der Waals surface area contributed by atoms with Crippen LogP contribution in [-0.2, 0) is 0 Å². The van der Waals surface area contributed by atoms with Crippen molar-refractivity contribution in [3.05, 3.63) is 522 Å². The third-order valence-electron chi connectivity index (χ3n) is 26.8. The monoisotopic (exact) mass is 1870 g/mol. The predicted octanol–water partition coefficient (Wildman–Crippen LogP) is 34.5. The second kappa shape index (κ2) is 39.1. The van der Waals surface area contributed by atoms with E-state index < -0.39 is 0 Å². The van der Waals surface area contributed by atoms with Gasteiger partial charge in [-0.25, -0.2) is 49.8 Å². The summed E-state index contributed by atoms with van der Waals surface area (Å²) in [4.78, 5) is 51.6. The molecule has 6 heterocycles. The van der Waals surface area contributed by atoms with Crippen LogP contribution in [0.25, 0.3) is 269 Å². The highest BCUT2D eigenvalue weighted by molar-refractivity contribution is 6.11. The molecule has 684 valence electrons. The Kier molecular flexibility index (Phi) is 23.5. The van der Waals surface area contributed by atoms with E-state index in [0.29, 0.717) is 46.6 Å². The van der Waals surface area contributed by atoms with Crippen LogP contribution in [0.3, 0.4) is 0 Å². The minimum Gasteiger partial charge on any atom is -0.455 e. The van der Waals surface area contributed by atoms with Gasteiger partial charge in [0.15, 0.2) is 46.6 Å². The molecule has 0 aliphatic rings. The predicted molar refractivity (Wildman–Crippen MR) is 594 cm³/mol. The van der Waals surface area contributed by atoms with Gasteiger partial charge in [0, 0.05) is 99.4 Å². The summed E-state index contributed by atoms with van der Waals surface area (Å²) in [6.07, 6.45) is 0. The molecule has 12 nitrogen and oxygen atoms in total. The van der Waals surface area contributed by atoms with E-state index in [1.165, 1.54) is 0 Å². The highest BCUT2D eigenvalue weighted by Crippen LogP contribution is 2.44. The van der Waals surface area contributed by atoms with Crippen molar-refractivity contribution >= 4 is 43.9 Å². The topological polar surface area (TPSA) is 155 Å². The molecule has 26 aromatic rings. The van der Waals surface area contributed by atoms with E-state index in [4.69, 9.17) is 58.7 Å². The fraction of sp³-hybridized carbons (Fsp3) is 0. The quantitative estimate of drug-likeness (QED) is 0.0713. The van der Waals surface area contributed by atoms with Gasteiger partial charge in [0.2, 0.25) is 0 Å². The van der Waals surface area contributed by atoms with Gasteiger partial charge in [0.05, 0.1) is 22.8 Å². The summed E-state index contributed by atoms with van der Waals surface area (Å²) < 4.78 is 12.8. The average Bonchev–Trinajstić information content (AvgIpc) is 1.58. The Bertz CT molecular complexity index is 9110. The zero-order chi connectivity index (χ0) is 97.0. The lowest BCUT2D eigenvalue weighted by Crippen LogP contribution is -2.00. The Balaban J connectivity index is 0.000000152. The molecule has 0 bridgehead atoms. The first-order valence-electron chi connectivity index (χ1n) is 48.8. The summed E-state index contributed by atoms with van der Waals surface area (Å²) in [6, 6.07) is 180. The number of nitrogens with zero attached hydrogens (tertiary/aromatic N) is 10. The number of aromatic nitrogens is 10. The summed E-state index contributed by atoms with van der Waals surface area (Å²) in [5.74, 6) is 4.89. The molecule has 6 aromatic heterocycles. The maximum Gasteiger partial charge on any atom is 0.164 e. The summed E-state index contributed by atoms with van der Waals surface area (Å²) in [6.45, 7) is 0. The van der Waals surface area contributed by atoms with E-state index in [1.54, 1.807) is 0 Å². The number of benzene rings is 20. The highest BCUT2D eigenvalue weighted by atomic mass is 16.3. The van der Waals surface area contributed by atoms with Crippen LogP contribution in [0.1, 0.15) is 0 Å². The molecule has 0 saturated heterocycles. The molecule has 20 aromatic carbocycles. The van der Waals surface area contributed by atoms with Gasteiger partial charge in [-0.15, -0.1) is 0 Å². The third-order valence-corrected chi connectivity index (χ3v) is 26.8. The van der Waals surface area contributed by atoms with E-state index >= 15 is 0 Å². The van der Waals surface area contributed by atoms with Crippen LogP contribution in [0, 0.1) is 0 Å². The van der Waals surface area contributed by atoms with Crippen LogP contribution < -0.4 is 0 Å². The summed E-state index contributed by atoms with van der Waals surface area (Å²) in [5, 5.41) is 4.44. The maximum absolute atomic E-state index is 6.40. The van der Waals surface area contributed by atoms with Gasteiger partial charge in [-0.3, -0.25) is 0 Å². The lowest BCUT2D eigenvalue weighted by atomic mass is 9.98. The van der Waals surface area contributed by atoms with Crippen molar-refractivity contribution in [2.75, 3.05) is 0 Å². The third kappa shape index (κ3) is 18.2. The number of hydrogen-bond acceptors (Lipinski definition) is 12. The van der Waals surface area contributed by atoms with Gasteiger partial charge < -0.3 is 8.83 Å². The maximum atomic E-state index is 6.40. The zero-order valence-electron chi connectivity index (χ0n) is 78.9. The minimum atomic E-state index is 0.585. The SMILES string of the molecule is c1ccc(-c2ccc(-c3nc(-c4ccc(-c5ccccc5)cc4)nc(-c4cccc(-c5cccc(-c6cc(-c7ccc(-c8cccc9c8oc8ccccc89)cc7)nc(-c7ccccc7)n6)c5)c4)n3)cc2)cc1.c1ccc(-c2cccc(-c3nc(-c4cccc(-c5ccccc5)c4)nc(-c4cccc(-c5cccc(-c6cc(-c7ccc(-c8cccc9c8oc8ccccc89)cc7)nc(-c7ccccc7)n6)c5)c4)n3)c2)cc1. The van der Waals surface area contributed by atoms with Crippen molar-refractivity contribution in [3.63, 3.8) is 0 Å². The second-order valence-electron chi connectivity index (χ2n) is 36.1. The normalized spacial score (nSPS) is 11.3. The van der Waals surface area contributed by atoms with Crippen molar-refractivity contribution in [1.82, 2.24) is 49.8 Å². The largest absolute Gasteiger partial charge is 0.455 e. The van der Waals surface area contributed by atoms with Gasteiger partial charge >= 0.3 is 0 Å². The van der Waals surface area contributed by atoms with E-state index in [9.17, 15) is 0 Å². The Morgan fingerprint density at radius 2 is 0.295 bits per heavy atom. The van der Waals surface area contributed by atoms with Crippen molar-refractivity contribution in [2.45, 2.75) is 0 Å². The highest BCUT2D eigenvalue weighted by Gasteiger charge is 2.23. The molecule has 0 unspecified atom stereocenters. The Labute approximate surface area is 843 Å². The Hall–Kier alpha value is -19.8.